The van der Waals surface area contributed by atoms with Gasteiger partial charge in [-0.05, 0) is 37.5 Å². The van der Waals surface area contributed by atoms with Crippen molar-refractivity contribution in [2.45, 2.75) is 20.4 Å². The number of carbonyl (C=O) groups excluding carboxylic acids is 1. The van der Waals surface area contributed by atoms with Gasteiger partial charge in [0.25, 0.3) is 5.56 Å². The van der Waals surface area contributed by atoms with Gasteiger partial charge in [0.15, 0.2) is 5.82 Å². The van der Waals surface area contributed by atoms with Crippen molar-refractivity contribution >= 4 is 5.91 Å². The lowest BCUT2D eigenvalue weighted by atomic mass is 10.1. The Morgan fingerprint density at radius 1 is 1.15 bits per heavy atom. The number of amides is 1. The van der Waals surface area contributed by atoms with Crippen LogP contribution in [0.3, 0.4) is 0 Å². The molecule has 0 aliphatic heterocycles. The molecule has 0 spiro atoms. The Labute approximate surface area is 150 Å². The molecule has 0 aliphatic carbocycles. The molecule has 0 atom stereocenters. The summed E-state index contributed by atoms with van der Waals surface area (Å²) >= 11 is 0. The Morgan fingerprint density at radius 2 is 1.96 bits per heavy atom. The molecule has 3 rings (SSSR count). The minimum atomic E-state index is -0.567. The third kappa shape index (κ3) is 3.73. The summed E-state index contributed by atoms with van der Waals surface area (Å²) in [6, 6.07) is 9.22. The molecule has 0 saturated carbocycles. The second-order valence-electron chi connectivity index (χ2n) is 6.01. The maximum Gasteiger partial charge on any atom is 0.253 e. The Hall–Kier alpha value is -3.59. The van der Waals surface area contributed by atoms with Gasteiger partial charge in [-0.15, -0.1) is 0 Å². The van der Waals surface area contributed by atoms with Gasteiger partial charge >= 0.3 is 0 Å². The second kappa shape index (κ2) is 7.11. The third-order valence-electron chi connectivity index (χ3n) is 3.92. The summed E-state index contributed by atoms with van der Waals surface area (Å²) in [5.41, 5.74) is 8.66. The lowest BCUT2D eigenvalue weighted by Gasteiger charge is -2.07. The van der Waals surface area contributed by atoms with Crippen molar-refractivity contribution < 1.29 is 4.79 Å². The first kappa shape index (κ1) is 17.2. The number of benzene rings is 1. The number of aromatic nitrogens is 3. The molecule has 2 N–H and O–H groups in total. The zero-order valence-electron chi connectivity index (χ0n) is 14.6. The topological polar surface area (TPSA) is 82.9 Å². The number of aryl methyl sites for hydroxylation is 2. The molecule has 26 heavy (non-hydrogen) atoms. The van der Waals surface area contributed by atoms with Crippen LogP contribution >= 0.6 is 0 Å². The number of imidazole rings is 1. The Kier molecular flexibility index (Phi) is 4.72. The normalized spacial score (nSPS) is 10.2. The van der Waals surface area contributed by atoms with Gasteiger partial charge in [-0.3, -0.25) is 14.2 Å². The molecule has 0 radical (unpaired) electrons. The predicted octanol–water partition coefficient (Wildman–Crippen LogP) is 1.54. The Balaban J connectivity index is 1.95. The quantitative estimate of drug-likeness (QED) is 0.730. The van der Waals surface area contributed by atoms with Crippen LogP contribution in [0.2, 0.25) is 0 Å². The molecule has 6 nitrogen and oxygen atoms in total. The minimum Gasteiger partial charge on any atom is -0.368 e. The van der Waals surface area contributed by atoms with Gasteiger partial charge < -0.3 is 10.3 Å². The van der Waals surface area contributed by atoms with Crippen LogP contribution in [0, 0.1) is 25.7 Å². The van der Waals surface area contributed by atoms with E-state index in [0.717, 1.165) is 11.1 Å². The maximum absolute atomic E-state index is 12.1. The van der Waals surface area contributed by atoms with E-state index in [2.05, 4.69) is 22.9 Å². The molecule has 130 valence electrons. The van der Waals surface area contributed by atoms with Gasteiger partial charge in [0.05, 0.1) is 5.69 Å². The molecule has 3 aromatic rings. The smallest absolute Gasteiger partial charge is 0.253 e. The predicted molar refractivity (Wildman–Crippen MR) is 98.9 cm³/mol. The highest BCUT2D eigenvalue weighted by Crippen LogP contribution is 2.11. The zero-order chi connectivity index (χ0) is 18.7. The number of nitrogens with zero attached hydrogens (tertiary/aromatic N) is 3. The minimum absolute atomic E-state index is 0.150. The summed E-state index contributed by atoms with van der Waals surface area (Å²) in [4.78, 5) is 27.4. The first-order valence-electron chi connectivity index (χ1n) is 8.06. The molecule has 1 aromatic carbocycles. The van der Waals surface area contributed by atoms with Gasteiger partial charge in [0.1, 0.15) is 6.54 Å². The maximum atomic E-state index is 12.1. The molecule has 6 heteroatoms. The molecule has 0 aliphatic rings. The molecule has 0 saturated heterocycles. The number of carbonyl (C=O) groups is 1. The van der Waals surface area contributed by atoms with Crippen molar-refractivity contribution in [1.29, 1.82) is 0 Å². The van der Waals surface area contributed by atoms with E-state index in [9.17, 15) is 9.59 Å². The van der Waals surface area contributed by atoms with E-state index in [0.29, 0.717) is 11.5 Å². The van der Waals surface area contributed by atoms with E-state index >= 15 is 0 Å². The van der Waals surface area contributed by atoms with Crippen molar-refractivity contribution in [3.8, 4) is 17.5 Å². The number of primary amides is 1. The number of rotatable bonds is 3. The van der Waals surface area contributed by atoms with Gasteiger partial charge in [-0.25, -0.2) is 4.98 Å². The van der Waals surface area contributed by atoms with Crippen LogP contribution in [-0.2, 0) is 11.3 Å². The summed E-state index contributed by atoms with van der Waals surface area (Å²) in [7, 11) is 0. The summed E-state index contributed by atoms with van der Waals surface area (Å²) < 4.78 is 2.98. The van der Waals surface area contributed by atoms with E-state index in [1.165, 1.54) is 22.4 Å². The van der Waals surface area contributed by atoms with Gasteiger partial charge in [-0.1, -0.05) is 23.6 Å². The molecule has 0 bridgehead atoms. The molecule has 0 unspecified atom stereocenters. The lowest BCUT2D eigenvalue weighted by molar-refractivity contribution is -0.118. The summed E-state index contributed by atoms with van der Waals surface area (Å²) in [6.07, 6.45) is 4.89. The third-order valence-corrected chi connectivity index (χ3v) is 3.92. The lowest BCUT2D eigenvalue weighted by Crippen LogP contribution is -2.27. The fourth-order valence-electron chi connectivity index (χ4n) is 2.63. The van der Waals surface area contributed by atoms with Crippen LogP contribution in [0.25, 0.3) is 5.69 Å². The van der Waals surface area contributed by atoms with Crippen LogP contribution in [0.15, 0.2) is 53.7 Å². The number of hydrogen-bond donors (Lipinski definition) is 1. The largest absolute Gasteiger partial charge is 0.368 e. The van der Waals surface area contributed by atoms with Crippen molar-refractivity contribution in [3.63, 3.8) is 0 Å². The Morgan fingerprint density at radius 3 is 2.65 bits per heavy atom. The standard InChI is InChI=1S/C20H18N4O2/c1-14-3-4-16(15(2)11-14)5-6-19-22-8-10-24(19)17-7-9-23(13-18(21)25)20(26)12-17/h3-4,7-12H,13H2,1-2H3,(H2,21,25). The zero-order valence-corrected chi connectivity index (χ0v) is 14.6. The van der Waals surface area contributed by atoms with Crippen LogP contribution in [0.1, 0.15) is 22.5 Å². The monoisotopic (exact) mass is 346 g/mol. The van der Waals surface area contributed by atoms with Gasteiger partial charge in [-0.2, -0.15) is 0 Å². The number of pyridine rings is 1. The summed E-state index contributed by atoms with van der Waals surface area (Å²) in [5, 5.41) is 0. The Bertz CT molecular complexity index is 1100. The van der Waals surface area contributed by atoms with Crippen molar-refractivity contribution in [3.05, 3.63) is 81.8 Å². The van der Waals surface area contributed by atoms with Crippen LogP contribution < -0.4 is 11.3 Å². The SMILES string of the molecule is Cc1ccc(C#Cc2nccn2-c2ccn(CC(N)=O)c(=O)c2)c(C)c1. The molecule has 2 aromatic heterocycles. The first-order valence-corrected chi connectivity index (χ1v) is 8.06. The highest BCUT2D eigenvalue weighted by molar-refractivity contribution is 5.73. The van der Waals surface area contributed by atoms with Crippen molar-refractivity contribution in [1.82, 2.24) is 14.1 Å². The first-order chi connectivity index (χ1) is 12.4. The van der Waals surface area contributed by atoms with Crippen molar-refractivity contribution in [2.24, 2.45) is 5.73 Å². The average molecular weight is 346 g/mol. The molecule has 0 fully saturated rings. The molecular weight excluding hydrogens is 328 g/mol. The van der Waals surface area contributed by atoms with Crippen molar-refractivity contribution in [2.75, 3.05) is 0 Å². The summed E-state index contributed by atoms with van der Waals surface area (Å²) in [5.74, 6) is 6.14. The molecule has 2 heterocycles. The highest BCUT2D eigenvalue weighted by atomic mass is 16.2. The fourth-order valence-corrected chi connectivity index (χ4v) is 2.63. The molecular formula is C20H18N4O2. The average Bonchev–Trinajstić information content (AvgIpc) is 3.04. The van der Waals surface area contributed by atoms with Crippen LogP contribution in [0.5, 0.6) is 0 Å². The van der Waals surface area contributed by atoms with E-state index in [4.69, 9.17) is 5.73 Å². The second-order valence-corrected chi connectivity index (χ2v) is 6.01. The van der Waals surface area contributed by atoms with Gasteiger partial charge in [0, 0.05) is 30.2 Å². The molecule has 1 amide bonds. The number of nitrogens with two attached hydrogens (primary N) is 1. The number of hydrogen-bond acceptors (Lipinski definition) is 3. The van der Waals surface area contributed by atoms with Crippen LogP contribution in [-0.4, -0.2) is 20.0 Å². The van der Waals surface area contributed by atoms with Gasteiger partial charge in [0.2, 0.25) is 5.91 Å². The van der Waals surface area contributed by atoms with E-state index in [1.54, 1.807) is 23.0 Å². The highest BCUT2D eigenvalue weighted by Gasteiger charge is 2.06. The van der Waals surface area contributed by atoms with E-state index in [-0.39, 0.29) is 12.1 Å². The van der Waals surface area contributed by atoms with Crippen LogP contribution in [0.4, 0.5) is 0 Å². The van der Waals surface area contributed by atoms with E-state index < -0.39 is 5.91 Å². The fraction of sp³-hybridized carbons (Fsp3) is 0.150. The van der Waals surface area contributed by atoms with E-state index in [1.807, 2.05) is 26.0 Å². The summed E-state index contributed by atoms with van der Waals surface area (Å²) in [6.45, 7) is 3.90.